The van der Waals surface area contributed by atoms with E-state index < -0.39 is 32.3 Å². The second kappa shape index (κ2) is 5.84. The minimum absolute atomic E-state index is 1.38. The van der Waals surface area contributed by atoms with Gasteiger partial charge in [0.05, 0.1) is 45.1 Å². The van der Waals surface area contributed by atoms with Crippen LogP contribution in [-0.4, -0.2) is 46.7 Å². The third-order valence-corrected chi connectivity index (χ3v) is 31.4. The standard InChI is InChI=1S/C28H33N3Si4/c1-32-8-12-34(3,13-9-32)27-25(32)22-18-6-5-7-19-23-21(31(24(18)19)20(22)16-29-27)17-30-28-26(23)33(2)10-14-35(28,4)15-11-33/h5-7,16-17H,8-15H2,1-4H3. The summed E-state index contributed by atoms with van der Waals surface area (Å²) < 4.78 is 2.61. The molecule has 7 heteroatoms. The molecule has 10 heterocycles. The topological polar surface area (TPSA) is 30.2 Å². The van der Waals surface area contributed by atoms with Crippen molar-refractivity contribution in [3.8, 4) is 0 Å². The highest BCUT2D eigenvalue weighted by atomic mass is 28.3. The fraction of sp³-hybridized carbons (Fsp3) is 0.429. The summed E-state index contributed by atoms with van der Waals surface area (Å²) >= 11 is 0. The van der Waals surface area contributed by atoms with Crippen molar-refractivity contribution in [3.05, 3.63) is 30.6 Å². The lowest BCUT2D eigenvalue weighted by atomic mass is 10.1. The average Bonchev–Trinajstić information content (AvgIpc) is 3.39. The summed E-state index contributed by atoms with van der Waals surface area (Å²) in [4.78, 5) is 10.7. The van der Waals surface area contributed by atoms with Crippen molar-refractivity contribution in [2.24, 2.45) is 0 Å². The molecule has 3 nitrogen and oxygen atoms in total. The summed E-state index contributed by atoms with van der Waals surface area (Å²) in [7, 11) is -5.75. The third-order valence-electron chi connectivity index (χ3n) is 11.7. The van der Waals surface area contributed by atoms with Crippen LogP contribution < -0.4 is 21.0 Å². The van der Waals surface area contributed by atoms with Crippen LogP contribution in [0.3, 0.4) is 0 Å². The molecule has 0 unspecified atom stereocenters. The summed E-state index contributed by atoms with van der Waals surface area (Å²) in [5.74, 6) is 0. The number of aromatic nitrogens is 3. The highest BCUT2D eigenvalue weighted by Crippen LogP contribution is 2.46. The molecule has 0 amide bonds. The normalized spacial score (nSPS) is 35.5. The van der Waals surface area contributed by atoms with Gasteiger partial charge in [0, 0.05) is 32.2 Å². The third kappa shape index (κ3) is 2.10. The maximum absolute atomic E-state index is 5.37. The van der Waals surface area contributed by atoms with Gasteiger partial charge < -0.3 is 4.40 Å². The zero-order valence-electron chi connectivity index (χ0n) is 21.4. The Balaban J connectivity index is 1.50. The van der Waals surface area contributed by atoms with Crippen molar-refractivity contribution in [3.63, 3.8) is 0 Å². The maximum atomic E-state index is 5.37. The van der Waals surface area contributed by atoms with Crippen LogP contribution in [0.2, 0.25) is 74.5 Å². The van der Waals surface area contributed by atoms with Crippen LogP contribution in [0.4, 0.5) is 0 Å². The lowest BCUT2D eigenvalue weighted by Gasteiger charge is -2.49. The Morgan fingerprint density at radius 1 is 0.600 bits per heavy atom. The molecule has 35 heavy (non-hydrogen) atoms. The van der Waals surface area contributed by atoms with E-state index in [4.69, 9.17) is 9.97 Å². The van der Waals surface area contributed by atoms with Crippen molar-refractivity contribution < 1.29 is 0 Å². The Kier molecular flexibility index (Phi) is 3.38. The highest BCUT2D eigenvalue weighted by Gasteiger charge is 2.54. The predicted octanol–water partition coefficient (Wildman–Crippen LogP) is 4.82. The largest absolute Gasteiger partial charge is 0.305 e. The van der Waals surface area contributed by atoms with Crippen molar-refractivity contribution in [2.45, 2.75) is 74.5 Å². The van der Waals surface area contributed by atoms with Crippen molar-refractivity contribution in [1.29, 1.82) is 0 Å². The summed E-state index contributed by atoms with van der Waals surface area (Å²) in [6.07, 6.45) is 4.56. The van der Waals surface area contributed by atoms with Gasteiger partial charge in [0.2, 0.25) is 0 Å². The Bertz CT molecular complexity index is 1650. The van der Waals surface area contributed by atoms with Crippen LogP contribution in [0.1, 0.15) is 0 Å². The lowest BCUT2D eigenvalue weighted by molar-refractivity contribution is 1.10. The molecule has 4 aromatic heterocycles. The number of hydrogen-bond donors (Lipinski definition) is 0. The summed E-state index contributed by atoms with van der Waals surface area (Å²) in [5, 5.41) is 13.0. The highest BCUT2D eigenvalue weighted by molar-refractivity contribution is 7.09. The summed E-state index contributed by atoms with van der Waals surface area (Å²) in [5.41, 5.74) is 4.23. The molecule has 0 spiro atoms. The van der Waals surface area contributed by atoms with Gasteiger partial charge in [-0.25, -0.2) is 0 Å². The van der Waals surface area contributed by atoms with E-state index in [1.54, 1.807) is 31.8 Å². The van der Waals surface area contributed by atoms with Crippen molar-refractivity contribution >= 4 is 91.4 Å². The van der Waals surface area contributed by atoms with Gasteiger partial charge in [-0.3, -0.25) is 9.97 Å². The van der Waals surface area contributed by atoms with Crippen LogP contribution in [0.5, 0.6) is 0 Å². The molecule has 11 rings (SSSR count). The average molecular weight is 524 g/mol. The van der Waals surface area contributed by atoms with Crippen molar-refractivity contribution in [1.82, 2.24) is 14.4 Å². The van der Waals surface area contributed by atoms with Gasteiger partial charge in [-0.2, -0.15) is 0 Å². The van der Waals surface area contributed by atoms with E-state index in [1.807, 2.05) is 0 Å². The summed E-state index contributed by atoms with van der Waals surface area (Å²) in [6, 6.07) is 19.2. The molecule has 0 N–H and O–H groups in total. The first-order valence-corrected chi connectivity index (χ1v) is 25.4. The molecule has 0 saturated carbocycles. The monoisotopic (exact) mass is 523 g/mol. The van der Waals surface area contributed by atoms with E-state index in [1.165, 1.54) is 75.7 Å². The maximum Gasteiger partial charge on any atom is 0.107 e. The minimum atomic E-state index is -1.47. The van der Waals surface area contributed by atoms with Crippen molar-refractivity contribution in [2.75, 3.05) is 0 Å². The second-order valence-corrected chi connectivity index (χ2v) is 32.2. The predicted molar refractivity (Wildman–Crippen MR) is 160 cm³/mol. The van der Waals surface area contributed by atoms with Gasteiger partial charge >= 0.3 is 0 Å². The zero-order valence-corrected chi connectivity index (χ0v) is 25.4. The first-order valence-electron chi connectivity index (χ1n) is 13.8. The molecule has 4 bridgehead atoms. The molecule has 2 fully saturated rings. The number of pyridine rings is 2. The van der Waals surface area contributed by atoms with E-state index in [2.05, 4.69) is 61.2 Å². The number of fused-ring (bicyclic) bond motifs is 10. The molecule has 176 valence electrons. The molecular weight excluding hydrogens is 491 g/mol. The molecule has 0 radical (unpaired) electrons. The Labute approximate surface area is 210 Å². The van der Waals surface area contributed by atoms with Gasteiger partial charge in [0.15, 0.2) is 0 Å². The first kappa shape index (κ1) is 20.3. The fourth-order valence-electron chi connectivity index (χ4n) is 9.22. The molecule has 0 atom stereocenters. The van der Waals surface area contributed by atoms with Gasteiger partial charge in [0.1, 0.15) is 16.1 Å². The molecule has 2 saturated heterocycles. The second-order valence-electron chi connectivity index (χ2n) is 13.8. The van der Waals surface area contributed by atoms with E-state index in [0.717, 1.165) is 0 Å². The smallest absolute Gasteiger partial charge is 0.107 e. The quantitative estimate of drug-likeness (QED) is 0.272. The molecular formula is C28H33N3Si4. The minimum Gasteiger partial charge on any atom is -0.305 e. The molecule has 6 aliphatic heterocycles. The van der Waals surface area contributed by atoms with Crippen LogP contribution in [0.15, 0.2) is 30.6 Å². The number of hydrogen-bond acceptors (Lipinski definition) is 2. The van der Waals surface area contributed by atoms with Gasteiger partial charge in [-0.1, -0.05) is 92.7 Å². The Hall–Kier alpha value is -1.81. The van der Waals surface area contributed by atoms with Crippen LogP contribution in [0, 0.1) is 0 Å². The molecule has 6 aliphatic rings. The number of benzene rings is 1. The van der Waals surface area contributed by atoms with Gasteiger partial charge in [-0.05, 0) is 10.4 Å². The number of rotatable bonds is 0. The lowest BCUT2D eigenvalue weighted by Crippen LogP contribution is -2.71. The molecule has 5 aromatic rings. The van der Waals surface area contributed by atoms with Gasteiger partial charge in [0.25, 0.3) is 0 Å². The zero-order chi connectivity index (χ0) is 23.5. The van der Waals surface area contributed by atoms with E-state index in [0.29, 0.717) is 0 Å². The fourth-order valence-corrected chi connectivity index (χ4v) is 38.7. The SMILES string of the molecule is C[Si]12CC[Si](C)(CC1)c1c2ncc2c1c1cccc3c4c5c(ncc4n2c13)[Si]1(C)CC[Si]5(C)CC1. The van der Waals surface area contributed by atoms with E-state index in [-0.39, 0.29) is 0 Å². The number of para-hydroxylation sites is 1. The van der Waals surface area contributed by atoms with E-state index >= 15 is 0 Å². The van der Waals surface area contributed by atoms with Crippen LogP contribution >= 0.6 is 0 Å². The van der Waals surface area contributed by atoms with E-state index in [9.17, 15) is 0 Å². The number of nitrogens with zero attached hydrogens (tertiary/aromatic N) is 3. The Morgan fingerprint density at radius 2 is 1.00 bits per heavy atom. The van der Waals surface area contributed by atoms with Crippen LogP contribution in [0.25, 0.3) is 38.1 Å². The van der Waals surface area contributed by atoms with Gasteiger partial charge in [-0.15, -0.1) is 0 Å². The summed E-state index contributed by atoms with van der Waals surface area (Å²) in [6.45, 7) is 10.6. The molecule has 1 aromatic carbocycles. The molecule has 0 aliphatic carbocycles. The Morgan fingerprint density at radius 3 is 1.43 bits per heavy atom. The first-order chi connectivity index (χ1) is 16.8. The van der Waals surface area contributed by atoms with Crippen LogP contribution in [-0.2, 0) is 0 Å².